The zero-order valence-corrected chi connectivity index (χ0v) is 21.1. The first-order valence-electron chi connectivity index (χ1n) is 11.1. The molecule has 1 amide bonds. The zero-order chi connectivity index (χ0) is 23.6. The lowest BCUT2D eigenvalue weighted by Crippen LogP contribution is -2.47. The van der Waals surface area contributed by atoms with Crippen molar-refractivity contribution in [3.8, 4) is 6.07 Å². The lowest BCUT2D eigenvalue weighted by Gasteiger charge is -2.36. The summed E-state index contributed by atoms with van der Waals surface area (Å²) in [5.74, 6) is 1.16. The van der Waals surface area contributed by atoms with Gasteiger partial charge in [-0.1, -0.05) is 37.8 Å². The molecular formula is C23H31N5O2S2. The van der Waals surface area contributed by atoms with Crippen LogP contribution in [-0.2, 0) is 11.3 Å². The molecule has 0 N–H and O–H groups in total. The summed E-state index contributed by atoms with van der Waals surface area (Å²) in [5, 5.41) is 9.69. The van der Waals surface area contributed by atoms with Crippen molar-refractivity contribution in [2.75, 3.05) is 44.7 Å². The van der Waals surface area contributed by atoms with Crippen molar-refractivity contribution < 1.29 is 4.79 Å². The van der Waals surface area contributed by atoms with Crippen molar-refractivity contribution in [2.45, 2.75) is 40.7 Å². The zero-order valence-electron chi connectivity index (χ0n) is 19.5. The summed E-state index contributed by atoms with van der Waals surface area (Å²) in [6.45, 7) is 12.3. The van der Waals surface area contributed by atoms with Crippen LogP contribution >= 0.6 is 24.0 Å². The molecule has 0 radical (unpaired) electrons. The van der Waals surface area contributed by atoms with E-state index in [-0.39, 0.29) is 17.0 Å². The Morgan fingerprint density at radius 1 is 1.22 bits per heavy atom. The van der Waals surface area contributed by atoms with Crippen LogP contribution in [-0.4, -0.2) is 64.4 Å². The first-order valence-corrected chi connectivity index (χ1v) is 12.3. The maximum Gasteiger partial charge on any atom is 0.270 e. The van der Waals surface area contributed by atoms with Gasteiger partial charge in [-0.2, -0.15) is 5.26 Å². The van der Waals surface area contributed by atoms with E-state index in [0.29, 0.717) is 33.8 Å². The van der Waals surface area contributed by atoms with Crippen LogP contribution in [0.1, 0.15) is 43.9 Å². The summed E-state index contributed by atoms with van der Waals surface area (Å²) in [6, 6.07) is 2.09. The molecule has 2 fully saturated rings. The number of anilines is 1. The van der Waals surface area contributed by atoms with Crippen LogP contribution in [0.5, 0.6) is 0 Å². The van der Waals surface area contributed by atoms with Crippen molar-refractivity contribution >= 4 is 46.1 Å². The van der Waals surface area contributed by atoms with E-state index < -0.39 is 0 Å². The van der Waals surface area contributed by atoms with Gasteiger partial charge < -0.3 is 9.80 Å². The number of piperazine rings is 1. The Kier molecular flexibility index (Phi) is 7.80. The molecule has 2 aliphatic heterocycles. The van der Waals surface area contributed by atoms with E-state index in [0.717, 1.165) is 44.0 Å². The Morgan fingerprint density at radius 3 is 2.44 bits per heavy atom. The largest absolute Gasteiger partial charge is 0.355 e. The smallest absolute Gasteiger partial charge is 0.270 e. The number of thioether (sulfide) groups is 1. The van der Waals surface area contributed by atoms with E-state index >= 15 is 0 Å². The minimum absolute atomic E-state index is 0.0999. The molecule has 3 rings (SSSR count). The number of thiocarbonyl (C=S) groups is 1. The second kappa shape index (κ2) is 10.2. The number of hydrogen-bond acceptors (Lipinski definition) is 7. The first-order chi connectivity index (χ1) is 15.2. The first kappa shape index (κ1) is 24.5. The minimum atomic E-state index is -0.275. The molecule has 0 atom stereocenters. The van der Waals surface area contributed by atoms with Gasteiger partial charge in [0.1, 0.15) is 21.8 Å². The summed E-state index contributed by atoms with van der Waals surface area (Å²) in [5.41, 5.74) is 1.23. The van der Waals surface area contributed by atoms with E-state index in [9.17, 15) is 14.9 Å². The SMILES string of the molecule is CCn1c(N2CCN(C)CC2)c(/C=C2\SC(=S)N(CCC(C)C)C2=O)c(C)c(C#N)c1=O. The van der Waals surface area contributed by atoms with Gasteiger partial charge in [-0.3, -0.25) is 19.1 Å². The van der Waals surface area contributed by atoms with Gasteiger partial charge in [-0.25, -0.2) is 0 Å². The van der Waals surface area contributed by atoms with Gasteiger partial charge in [0, 0.05) is 44.8 Å². The summed E-state index contributed by atoms with van der Waals surface area (Å²) < 4.78 is 2.23. The van der Waals surface area contributed by atoms with E-state index in [1.807, 2.05) is 13.0 Å². The van der Waals surface area contributed by atoms with Crippen LogP contribution in [0.15, 0.2) is 9.70 Å². The van der Waals surface area contributed by atoms with Crippen molar-refractivity contribution in [1.29, 1.82) is 5.26 Å². The Hall–Kier alpha value is -2.15. The third kappa shape index (κ3) is 4.77. The standard InChI is InChI=1S/C23H31N5O2S2/c1-6-27-20(26-11-9-25(5)10-12-26)17(16(4)18(14-24)21(27)29)13-19-22(30)28(23(31)32-19)8-7-15(2)3/h13,15H,6-12H2,1-5H3/b19-13-. The summed E-state index contributed by atoms with van der Waals surface area (Å²) in [6.07, 6.45) is 2.72. The predicted molar refractivity (Wildman–Crippen MR) is 135 cm³/mol. The summed E-state index contributed by atoms with van der Waals surface area (Å²) in [7, 11) is 2.08. The number of nitriles is 1. The molecule has 172 valence electrons. The summed E-state index contributed by atoms with van der Waals surface area (Å²) >= 11 is 6.78. The van der Waals surface area contributed by atoms with Crippen LogP contribution in [0, 0.1) is 24.2 Å². The van der Waals surface area contributed by atoms with Gasteiger partial charge in [-0.05, 0) is 44.9 Å². The Morgan fingerprint density at radius 2 is 1.88 bits per heavy atom. The predicted octanol–water partition coefficient (Wildman–Crippen LogP) is 3.05. The minimum Gasteiger partial charge on any atom is -0.355 e. The van der Waals surface area contributed by atoms with Crippen LogP contribution in [0.25, 0.3) is 6.08 Å². The quantitative estimate of drug-likeness (QED) is 0.464. The lowest BCUT2D eigenvalue weighted by atomic mass is 10.0. The topological polar surface area (TPSA) is 72.6 Å². The van der Waals surface area contributed by atoms with Crippen LogP contribution in [0.2, 0.25) is 0 Å². The Balaban J connectivity index is 2.13. The third-order valence-electron chi connectivity index (χ3n) is 6.04. The summed E-state index contributed by atoms with van der Waals surface area (Å²) in [4.78, 5) is 32.9. The van der Waals surface area contributed by atoms with E-state index in [1.54, 1.807) is 16.4 Å². The molecule has 2 saturated heterocycles. The monoisotopic (exact) mass is 473 g/mol. The van der Waals surface area contributed by atoms with Crippen molar-refractivity contribution in [3.05, 3.63) is 31.9 Å². The molecule has 1 aromatic heterocycles. The molecule has 3 heterocycles. The van der Waals surface area contributed by atoms with E-state index in [1.165, 1.54) is 11.8 Å². The molecule has 7 nitrogen and oxygen atoms in total. The number of nitrogens with zero attached hydrogens (tertiary/aromatic N) is 5. The highest BCUT2D eigenvalue weighted by Gasteiger charge is 2.33. The molecule has 9 heteroatoms. The highest BCUT2D eigenvalue weighted by atomic mass is 32.2. The molecule has 2 aliphatic rings. The van der Waals surface area contributed by atoms with E-state index in [2.05, 4.69) is 36.8 Å². The molecular weight excluding hydrogens is 442 g/mol. The van der Waals surface area contributed by atoms with Gasteiger partial charge in [0.2, 0.25) is 0 Å². The molecule has 0 unspecified atom stereocenters. The van der Waals surface area contributed by atoms with Crippen molar-refractivity contribution in [1.82, 2.24) is 14.4 Å². The number of hydrogen-bond donors (Lipinski definition) is 0. The van der Waals surface area contributed by atoms with E-state index in [4.69, 9.17) is 12.2 Å². The fourth-order valence-corrected chi connectivity index (χ4v) is 5.30. The number of rotatable bonds is 6. The van der Waals surface area contributed by atoms with Crippen molar-refractivity contribution in [3.63, 3.8) is 0 Å². The molecule has 0 saturated carbocycles. The number of amides is 1. The fourth-order valence-electron chi connectivity index (χ4n) is 4.01. The molecule has 0 aliphatic carbocycles. The number of carbonyl (C=O) groups excluding carboxylic acids is 1. The maximum atomic E-state index is 13.1. The van der Waals surface area contributed by atoms with Crippen LogP contribution in [0.3, 0.4) is 0 Å². The second-order valence-corrected chi connectivity index (χ2v) is 10.4. The van der Waals surface area contributed by atoms with Gasteiger partial charge in [0.15, 0.2) is 0 Å². The molecule has 32 heavy (non-hydrogen) atoms. The Bertz CT molecular complexity index is 1050. The second-order valence-electron chi connectivity index (χ2n) is 8.70. The fraction of sp³-hybridized carbons (Fsp3) is 0.565. The van der Waals surface area contributed by atoms with Gasteiger partial charge in [0.05, 0.1) is 4.91 Å². The number of likely N-dealkylation sites (N-methyl/N-ethyl adjacent to an activating group) is 1. The van der Waals surface area contributed by atoms with Gasteiger partial charge >= 0.3 is 0 Å². The molecule has 0 bridgehead atoms. The maximum absolute atomic E-state index is 13.1. The van der Waals surface area contributed by atoms with Gasteiger partial charge in [0.25, 0.3) is 11.5 Å². The average Bonchev–Trinajstić information content (AvgIpc) is 3.01. The van der Waals surface area contributed by atoms with Gasteiger partial charge in [-0.15, -0.1) is 0 Å². The van der Waals surface area contributed by atoms with Crippen molar-refractivity contribution in [2.24, 2.45) is 5.92 Å². The molecule has 1 aromatic rings. The lowest BCUT2D eigenvalue weighted by molar-refractivity contribution is -0.122. The highest BCUT2D eigenvalue weighted by Crippen LogP contribution is 2.36. The van der Waals surface area contributed by atoms with Crippen LogP contribution in [0.4, 0.5) is 5.82 Å². The normalized spacial score (nSPS) is 18.8. The molecule has 0 spiro atoms. The highest BCUT2D eigenvalue weighted by molar-refractivity contribution is 8.26. The number of pyridine rings is 1. The van der Waals surface area contributed by atoms with Crippen LogP contribution < -0.4 is 10.5 Å². The number of aromatic nitrogens is 1. The number of carbonyl (C=O) groups is 1. The third-order valence-corrected chi connectivity index (χ3v) is 7.42. The molecule has 0 aromatic carbocycles. The average molecular weight is 474 g/mol. The Labute approximate surface area is 199 Å².